The Bertz CT molecular complexity index is 1370. The van der Waals surface area contributed by atoms with Crippen LogP contribution in [0.1, 0.15) is 13.8 Å². The number of benzene rings is 4. The minimum atomic E-state index is -2.29. The number of fused-ring (bicyclic) bond motifs is 2. The zero-order valence-corrected chi connectivity index (χ0v) is 21.4. The van der Waals surface area contributed by atoms with E-state index in [1.165, 1.54) is 0 Å². The van der Waals surface area contributed by atoms with Gasteiger partial charge in [-0.1, -0.05) is 48.5 Å². The maximum atomic E-state index is 13.3. The molecule has 0 aliphatic heterocycles. The van der Waals surface area contributed by atoms with Crippen LogP contribution >= 0.6 is 31.9 Å². The molecule has 0 amide bonds. The molecular weight excluding hydrogens is 564 g/mol. The number of hydrogen-bond acceptors (Lipinski definition) is 3. The molecule has 0 aromatic heterocycles. The first-order valence-corrected chi connectivity index (χ1v) is 13.2. The Kier molecular flexibility index (Phi) is 6.76. The summed E-state index contributed by atoms with van der Waals surface area (Å²) in [5, 5.41) is 3.41. The Morgan fingerprint density at radius 2 is 1.26 bits per heavy atom. The zero-order valence-electron chi connectivity index (χ0n) is 16.6. The van der Waals surface area contributed by atoms with E-state index in [4.69, 9.17) is 4.18 Å². The Morgan fingerprint density at radius 1 is 0.806 bits per heavy atom. The van der Waals surface area contributed by atoms with Crippen LogP contribution < -0.4 is 0 Å². The summed E-state index contributed by atoms with van der Waals surface area (Å²) in [5.41, 5.74) is 1.16. The smallest absolute Gasteiger partial charge is 0.191 e. The van der Waals surface area contributed by atoms with Crippen LogP contribution in [0.4, 0.5) is 0 Å². The second kappa shape index (κ2) is 9.21. The van der Waals surface area contributed by atoms with Gasteiger partial charge in [0.25, 0.3) is 0 Å². The summed E-state index contributed by atoms with van der Waals surface area (Å²) in [4.78, 5) is 0.659. The average Bonchev–Trinajstić information content (AvgIpc) is 2.71. The first-order valence-electron chi connectivity index (χ1n) is 9.42. The standard InChI is InChI=1S/C23H18Br2O4S2/c1-13(2)29-31(28)23-19(25)12-15-8-4-6-10-17(15)21(23)20-16-9-5-3-7-14(16)11-18(24)22(20)30(26)27/h3-13H,1-2H3,(H,26,27). The summed E-state index contributed by atoms with van der Waals surface area (Å²) < 4.78 is 42.9. The summed E-state index contributed by atoms with van der Waals surface area (Å²) in [6.07, 6.45) is -0.266. The molecule has 0 saturated heterocycles. The number of halogens is 2. The lowest BCUT2D eigenvalue weighted by molar-refractivity contribution is 0.270. The van der Waals surface area contributed by atoms with E-state index < -0.39 is 22.2 Å². The molecule has 0 aliphatic carbocycles. The van der Waals surface area contributed by atoms with Crippen molar-refractivity contribution in [2.24, 2.45) is 0 Å². The Hall–Kier alpha value is -1.42. The van der Waals surface area contributed by atoms with Gasteiger partial charge in [-0.15, -0.1) is 0 Å². The highest BCUT2D eigenvalue weighted by Crippen LogP contribution is 2.46. The summed E-state index contributed by atoms with van der Waals surface area (Å²) in [7, 11) is 0. The SMILES string of the molecule is CC(C)OS(=O)c1c(Br)cc2ccccc2c1-c1c(S(=O)O)c(Br)cc2ccccc12. The van der Waals surface area contributed by atoms with Crippen molar-refractivity contribution >= 4 is 75.6 Å². The van der Waals surface area contributed by atoms with E-state index in [1.54, 1.807) is 0 Å². The fourth-order valence-corrected chi connectivity index (χ4v) is 7.00. The summed E-state index contributed by atoms with van der Waals surface area (Å²) in [6.45, 7) is 3.63. The first-order chi connectivity index (χ1) is 14.8. The van der Waals surface area contributed by atoms with Crippen LogP contribution in [0.3, 0.4) is 0 Å². The largest absolute Gasteiger partial charge is 0.302 e. The van der Waals surface area contributed by atoms with Gasteiger partial charge in [-0.2, -0.15) is 0 Å². The number of rotatable bonds is 5. The van der Waals surface area contributed by atoms with Crippen molar-refractivity contribution in [3.63, 3.8) is 0 Å². The van der Waals surface area contributed by atoms with Crippen molar-refractivity contribution < 1.29 is 17.2 Å². The third-order valence-electron chi connectivity index (χ3n) is 4.78. The van der Waals surface area contributed by atoms with Gasteiger partial charge in [-0.3, -0.25) is 4.18 Å². The molecule has 2 unspecified atom stereocenters. The van der Waals surface area contributed by atoms with E-state index >= 15 is 0 Å². The van der Waals surface area contributed by atoms with E-state index in [-0.39, 0.29) is 11.0 Å². The van der Waals surface area contributed by atoms with E-state index in [2.05, 4.69) is 31.9 Å². The lowest BCUT2D eigenvalue weighted by Gasteiger charge is -2.20. The molecule has 4 rings (SSSR count). The molecule has 0 bridgehead atoms. The minimum absolute atomic E-state index is 0.227. The van der Waals surface area contributed by atoms with Crippen LogP contribution in [-0.2, 0) is 26.3 Å². The van der Waals surface area contributed by atoms with Gasteiger partial charge < -0.3 is 4.55 Å². The third kappa shape index (κ3) is 4.29. The van der Waals surface area contributed by atoms with Crippen molar-refractivity contribution in [2.45, 2.75) is 29.7 Å². The average molecular weight is 582 g/mol. The van der Waals surface area contributed by atoms with Gasteiger partial charge in [0.2, 0.25) is 0 Å². The highest BCUT2D eigenvalue weighted by atomic mass is 79.9. The molecule has 0 fully saturated rings. The highest BCUT2D eigenvalue weighted by Gasteiger charge is 2.26. The van der Waals surface area contributed by atoms with Crippen molar-refractivity contribution in [1.82, 2.24) is 0 Å². The fraction of sp³-hybridized carbons (Fsp3) is 0.130. The van der Waals surface area contributed by atoms with Crippen LogP contribution in [0.5, 0.6) is 0 Å². The molecule has 8 heteroatoms. The molecule has 0 aliphatic rings. The van der Waals surface area contributed by atoms with Crippen LogP contribution in [0.25, 0.3) is 32.7 Å². The van der Waals surface area contributed by atoms with Crippen LogP contribution in [0.15, 0.2) is 79.4 Å². The molecule has 4 aromatic rings. The maximum absolute atomic E-state index is 13.3. The monoisotopic (exact) mass is 580 g/mol. The van der Waals surface area contributed by atoms with Crippen LogP contribution in [-0.4, -0.2) is 19.1 Å². The van der Waals surface area contributed by atoms with Crippen molar-refractivity contribution in [2.75, 3.05) is 0 Å². The molecule has 160 valence electrons. The molecule has 4 nitrogen and oxygen atoms in total. The van der Waals surface area contributed by atoms with Gasteiger partial charge in [0.1, 0.15) is 0 Å². The predicted octanol–water partition coefficient (Wildman–Crippen LogP) is 7.21. The number of hydrogen-bond donors (Lipinski definition) is 1. The van der Waals surface area contributed by atoms with Gasteiger partial charge in [-0.25, -0.2) is 8.42 Å². The van der Waals surface area contributed by atoms with E-state index in [0.29, 0.717) is 25.0 Å². The molecule has 0 radical (unpaired) electrons. The molecule has 0 saturated carbocycles. The van der Waals surface area contributed by atoms with Crippen molar-refractivity contribution in [3.05, 3.63) is 69.6 Å². The zero-order chi connectivity index (χ0) is 22.3. The molecule has 0 spiro atoms. The Labute approximate surface area is 202 Å². The molecular formula is C23H18Br2O4S2. The summed E-state index contributed by atoms with van der Waals surface area (Å²) in [5.74, 6) is 0. The second-order valence-corrected chi connectivity index (χ2v) is 10.9. The Balaban J connectivity index is 2.26. The van der Waals surface area contributed by atoms with Gasteiger partial charge >= 0.3 is 0 Å². The van der Waals surface area contributed by atoms with Gasteiger partial charge in [0, 0.05) is 20.1 Å². The van der Waals surface area contributed by atoms with E-state index in [1.807, 2.05) is 74.5 Å². The van der Waals surface area contributed by atoms with Crippen molar-refractivity contribution in [1.29, 1.82) is 0 Å². The fourth-order valence-electron chi connectivity index (χ4n) is 3.64. The lowest BCUT2D eigenvalue weighted by Crippen LogP contribution is -2.09. The van der Waals surface area contributed by atoms with Gasteiger partial charge in [0.15, 0.2) is 22.2 Å². The van der Waals surface area contributed by atoms with Crippen LogP contribution in [0, 0.1) is 0 Å². The quantitative estimate of drug-likeness (QED) is 0.253. The highest BCUT2D eigenvalue weighted by molar-refractivity contribution is 9.10. The first kappa shape index (κ1) is 22.8. The van der Waals surface area contributed by atoms with Crippen LogP contribution in [0.2, 0.25) is 0 Å². The predicted molar refractivity (Wildman–Crippen MR) is 134 cm³/mol. The molecule has 2 atom stereocenters. The van der Waals surface area contributed by atoms with Gasteiger partial charge in [0.05, 0.1) is 15.9 Å². The lowest BCUT2D eigenvalue weighted by atomic mass is 9.93. The topological polar surface area (TPSA) is 63.6 Å². The molecule has 4 aromatic carbocycles. The minimum Gasteiger partial charge on any atom is -0.302 e. The molecule has 0 heterocycles. The summed E-state index contributed by atoms with van der Waals surface area (Å²) in [6, 6.07) is 19.0. The third-order valence-corrected chi connectivity index (χ3v) is 8.65. The second-order valence-electron chi connectivity index (χ2n) is 7.20. The van der Waals surface area contributed by atoms with Gasteiger partial charge in [-0.05, 0) is 79.4 Å². The normalized spacial score (nSPS) is 13.7. The van der Waals surface area contributed by atoms with Crippen molar-refractivity contribution in [3.8, 4) is 11.1 Å². The maximum Gasteiger partial charge on any atom is 0.191 e. The summed E-state index contributed by atoms with van der Waals surface area (Å²) >= 11 is 2.96. The van der Waals surface area contributed by atoms with E-state index in [0.717, 1.165) is 21.5 Å². The molecule has 31 heavy (non-hydrogen) atoms. The Morgan fingerprint density at radius 3 is 1.74 bits per heavy atom. The van der Waals surface area contributed by atoms with E-state index in [9.17, 15) is 13.0 Å². The molecule has 1 N–H and O–H groups in total.